The molecule has 0 amide bonds. The van der Waals surface area contributed by atoms with Crippen LogP contribution in [0.25, 0.3) is 0 Å². The van der Waals surface area contributed by atoms with Crippen molar-refractivity contribution in [3.05, 3.63) is 54.6 Å². The molecule has 3 N–H and O–H groups in total. The normalized spacial score (nSPS) is 11.3. The van der Waals surface area contributed by atoms with Crippen LogP contribution in [0.4, 0.5) is 0 Å². The number of benzene rings is 2. The van der Waals surface area contributed by atoms with E-state index in [-0.39, 0.29) is 4.90 Å². The van der Waals surface area contributed by atoms with Gasteiger partial charge in [0.2, 0.25) is 10.0 Å². The minimum absolute atomic E-state index is 0.233. The summed E-state index contributed by atoms with van der Waals surface area (Å²) in [6, 6.07) is 15.7. The third kappa shape index (κ3) is 5.67. The zero-order valence-electron chi connectivity index (χ0n) is 12.9. The first-order chi connectivity index (χ1) is 11.1. The van der Waals surface area contributed by atoms with Crippen LogP contribution in [0.1, 0.15) is 19.3 Å². The summed E-state index contributed by atoms with van der Waals surface area (Å²) in [5, 5.41) is 0. The number of ether oxygens (including phenoxy) is 1. The molecule has 0 radical (unpaired) electrons. The maximum atomic E-state index is 12.2. The van der Waals surface area contributed by atoms with Crippen molar-refractivity contribution in [1.82, 2.24) is 4.72 Å². The van der Waals surface area contributed by atoms with Gasteiger partial charge in [-0.3, -0.25) is 0 Å². The Morgan fingerprint density at radius 1 is 0.870 bits per heavy atom. The van der Waals surface area contributed by atoms with Crippen LogP contribution in [0.2, 0.25) is 0 Å². The van der Waals surface area contributed by atoms with Gasteiger partial charge in [-0.2, -0.15) is 0 Å². The molecule has 124 valence electrons. The fraction of sp³-hybridized carbons (Fsp3) is 0.294. The Morgan fingerprint density at radius 3 is 2.17 bits per heavy atom. The number of para-hydroxylation sites is 1. The molecule has 0 aliphatic heterocycles. The van der Waals surface area contributed by atoms with Gasteiger partial charge in [0, 0.05) is 6.54 Å². The Balaban J connectivity index is 1.92. The van der Waals surface area contributed by atoms with E-state index in [2.05, 4.69) is 4.72 Å². The van der Waals surface area contributed by atoms with Crippen molar-refractivity contribution in [3.63, 3.8) is 0 Å². The van der Waals surface area contributed by atoms with Crippen molar-refractivity contribution in [1.29, 1.82) is 0 Å². The minimum atomic E-state index is -3.47. The van der Waals surface area contributed by atoms with E-state index >= 15 is 0 Å². The van der Waals surface area contributed by atoms with Gasteiger partial charge in [-0.05, 0) is 55.8 Å². The maximum Gasteiger partial charge on any atom is 0.240 e. The van der Waals surface area contributed by atoms with Crippen molar-refractivity contribution >= 4 is 10.0 Å². The lowest BCUT2D eigenvalue weighted by Gasteiger charge is -2.08. The molecule has 2 aromatic rings. The van der Waals surface area contributed by atoms with Gasteiger partial charge in [0.1, 0.15) is 11.5 Å². The summed E-state index contributed by atoms with van der Waals surface area (Å²) in [7, 11) is -3.47. The topological polar surface area (TPSA) is 81.4 Å². The van der Waals surface area contributed by atoms with Gasteiger partial charge in [-0.25, -0.2) is 13.1 Å². The molecule has 0 spiro atoms. The predicted octanol–water partition coefficient (Wildman–Crippen LogP) is 2.89. The summed E-state index contributed by atoms with van der Waals surface area (Å²) in [6.07, 6.45) is 2.61. The first-order valence-electron chi connectivity index (χ1n) is 7.64. The van der Waals surface area contributed by atoms with Gasteiger partial charge in [0.15, 0.2) is 0 Å². The molecule has 2 rings (SSSR count). The van der Waals surface area contributed by atoms with Crippen LogP contribution in [0.3, 0.4) is 0 Å². The van der Waals surface area contributed by atoms with Crippen LogP contribution in [0, 0.1) is 0 Å². The second-order valence-electron chi connectivity index (χ2n) is 5.13. The lowest BCUT2D eigenvalue weighted by molar-refractivity contribution is 0.482. The summed E-state index contributed by atoms with van der Waals surface area (Å²) in [5.41, 5.74) is 5.41. The van der Waals surface area contributed by atoms with E-state index in [0.717, 1.165) is 19.3 Å². The highest BCUT2D eigenvalue weighted by Gasteiger charge is 2.13. The Morgan fingerprint density at radius 2 is 1.52 bits per heavy atom. The molecule has 2 aromatic carbocycles. The van der Waals surface area contributed by atoms with Crippen LogP contribution in [0.5, 0.6) is 11.5 Å². The minimum Gasteiger partial charge on any atom is -0.457 e. The second kappa shape index (κ2) is 8.67. The Kier molecular flexibility index (Phi) is 6.58. The van der Waals surface area contributed by atoms with Crippen molar-refractivity contribution in [2.24, 2.45) is 5.73 Å². The van der Waals surface area contributed by atoms with Crippen LogP contribution in [0.15, 0.2) is 59.5 Å². The Hall–Kier alpha value is -1.89. The molecule has 0 aliphatic carbocycles. The van der Waals surface area contributed by atoms with E-state index in [1.807, 2.05) is 30.3 Å². The number of rotatable bonds is 9. The molecule has 0 unspecified atom stereocenters. The summed E-state index contributed by atoms with van der Waals surface area (Å²) in [5.74, 6) is 1.30. The quantitative estimate of drug-likeness (QED) is 0.691. The summed E-state index contributed by atoms with van der Waals surface area (Å²) < 4.78 is 32.6. The van der Waals surface area contributed by atoms with Crippen molar-refractivity contribution < 1.29 is 13.2 Å². The van der Waals surface area contributed by atoms with Gasteiger partial charge in [0.25, 0.3) is 0 Å². The van der Waals surface area contributed by atoms with Gasteiger partial charge in [-0.15, -0.1) is 0 Å². The predicted molar refractivity (Wildman–Crippen MR) is 91.1 cm³/mol. The average molecular weight is 334 g/mol. The van der Waals surface area contributed by atoms with Crippen molar-refractivity contribution in [2.45, 2.75) is 24.2 Å². The third-order valence-electron chi connectivity index (χ3n) is 3.29. The molecule has 0 heterocycles. The summed E-state index contributed by atoms with van der Waals surface area (Å²) in [6.45, 7) is 1.06. The van der Waals surface area contributed by atoms with E-state index in [4.69, 9.17) is 10.5 Å². The fourth-order valence-electron chi connectivity index (χ4n) is 2.05. The smallest absolute Gasteiger partial charge is 0.240 e. The van der Waals surface area contributed by atoms with Crippen LogP contribution in [-0.4, -0.2) is 21.5 Å². The highest BCUT2D eigenvalue weighted by molar-refractivity contribution is 7.89. The largest absolute Gasteiger partial charge is 0.457 e. The molecule has 0 aromatic heterocycles. The Labute approximate surface area is 137 Å². The molecule has 0 aliphatic rings. The molecule has 6 heteroatoms. The standard InChI is InChI=1S/C17H22N2O3S/c18-13-5-2-6-14-19-23(20,21)17-11-9-16(10-12-17)22-15-7-3-1-4-8-15/h1,3-4,7-12,19H,2,5-6,13-14,18H2. The number of hydrogen-bond acceptors (Lipinski definition) is 4. The summed E-state index contributed by atoms with van der Waals surface area (Å²) in [4.78, 5) is 0.233. The first kappa shape index (κ1) is 17.5. The van der Waals surface area contributed by atoms with Crippen molar-refractivity contribution in [2.75, 3.05) is 13.1 Å². The lowest BCUT2D eigenvalue weighted by Crippen LogP contribution is -2.24. The van der Waals surface area contributed by atoms with Gasteiger partial charge < -0.3 is 10.5 Å². The molecular weight excluding hydrogens is 312 g/mol. The molecule has 23 heavy (non-hydrogen) atoms. The van der Waals surface area contributed by atoms with Crippen LogP contribution < -0.4 is 15.2 Å². The van der Waals surface area contributed by atoms with Gasteiger partial charge in [0.05, 0.1) is 4.90 Å². The van der Waals surface area contributed by atoms with Gasteiger partial charge >= 0.3 is 0 Å². The molecule has 0 fully saturated rings. The first-order valence-corrected chi connectivity index (χ1v) is 9.13. The molecule has 0 bridgehead atoms. The molecular formula is C17H22N2O3S. The molecule has 0 saturated carbocycles. The van der Waals surface area contributed by atoms with E-state index in [1.165, 1.54) is 0 Å². The van der Waals surface area contributed by atoms with Gasteiger partial charge in [-0.1, -0.05) is 24.6 Å². The number of nitrogens with two attached hydrogens (primary N) is 1. The van der Waals surface area contributed by atoms with Crippen molar-refractivity contribution in [3.8, 4) is 11.5 Å². The third-order valence-corrected chi connectivity index (χ3v) is 4.76. The number of nitrogens with one attached hydrogen (secondary N) is 1. The highest BCUT2D eigenvalue weighted by atomic mass is 32.2. The molecule has 0 saturated heterocycles. The molecule has 0 atom stereocenters. The monoisotopic (exact) mass is 334 g/mol. The van der Waals surface area contributed by atoms with Crippen LogP contribution >= 0.6 is 0 Å². The number of unbranched alkanes of at least 4 members (excludes halogenated alkanes) is 2. The van der Waals surface area contributed by atoms with E-state index in [9.17, 15) is 8.42 Å². The molecule has 5 nitrogen and oxygen atoms in total. The SMILES string of the molecule is NCCCCCNS(=O)(=O)c1ccc(Oc2ccccc2)cc1. The highest BCUT2D eigenvalue weighted by Crippen LogP contribution is 2.22. The number of sulfonamides is 1. The van der Waals surface area contributed by atoms with E-state index in [0.29, 0.717) is 24.6 Å². The summed E-state index contributed by atoms with van der Waals surface area (Å²) >= 11 is 0. The Bertz CT molecular complexity index is 686. The van der Waals surface area contributed by atoms with Crippen LogP contribution in [-0.2, 0) is 10.0 Å². The fourth-order valence-corrected chi connectivity index (χ4v) is 3.12. The van der Waals surface area contributed by atoms with E-state index < -0.39 is 10.0 Å². The lowest BCUT2D eigenvalue weighted by atomic mass is 10.2. The maximum absolute atomic E-state index is 12.2. The zero-order chi connectivity index (χ0) is 16.5. The average Bonchev–Trinajstić information content (AvgIpc) is 2.56. The van der Waals surface area contributed by atoms with E-state index in [1.54, 1.807) is 24.3 Å². The second-order valence-corrected chi connectivity index (χ2v) is 6.90. The zero-order valence-corrected chi connectivity index (χ0v) is 13.8. The number of hydrogen-bond donors (Lipinski definition) is 2.